The average molecular weight is 305 g/mol. The predicted molar refractivity (Wildman–Crippen MR) is 89.9 cm³/mol. The summed E-state index contributed by atoms with van der Waals surface area (Å²) in [5.74, 6) is 0.0445. The molecule has 2 unspecified atom stereocenters. The van der Waals surface area contributed by atoms with Crippen LogP contribution < -0.4 is 11.1 Å². The van der Waals surface area contributed by atoms with Crippen LogP contribution in [-0.2, 0) is 9.53 Å². The predicted octanol–water partition coefficient (Wildman–Crippen LogP) is 2.41. The van der Waals surface area contributed by atoms with Gasteiger partial charge in [0.2, 0.25) is 5.91 Å². The Labute approximate surface area is 132 Å². The Morgan fingerprint density at radius 1 is 1.36 bits per heavy atom. The molecule has 0 aromatic heterocycles. The fourth-order valence-electron chi connectivity index (χ4n) is 2.92. The number of nitrogen functional groups attached to an aromatic ring is 1. The largest absolute Gasteiger partial charge is 0.399 e. The van der Waals surface area contributed by atoms with Crippen molar-refractivity contribution >= 4 is 17.3 Å². The van der Waals surface area contributed by atoms with Crippen molar-refractivity contribution in [2.24, 2.45) is 0 Å². The molecular weight excluding hydrogens is 278 g/mol. The molecule has 1 aliphatic rings. The molecule has 1 saturated heterocycles. The van der Waals surface area contributed by atoms with Gasteiger partial charge >= 0.3 is 0 Å². The molecule has 0 radical (unpaired) electrons. The molecule has 122 valence electrons. The van der Waals surface area contributed by atoms with E-state index in [-0.39, 0.29) is 18.1 Å². The Hall–Kier alpha value is -1.59. The molecule has 2 atom stereocenters. The third kappa shape index (κ3) is 5.00. The second-order valence-electron chi connectivity index (χ2n) is 6.24. The van der Waals surface area contributed by atoms with E-state index >= 15 is 0 Å². The first-order chi connectivity index (χ1) is 10.4. The Morgan fingerprint density at radius 2 is 2.05 bits per heavy atom. The van der Waals surface area contributed by atoms with E-state index in [2.05, 4.69) is 24.1 Å². The summed E-state index contributed by atoms with van der Waals surface area (Å²) in [7, 11) is 0. The Bertz CT molecular complexity index is 509. The van der Waals surface area contributed by atoms with Gasteiger partial charge in [-0.15, -0.1) is 0 Å². The normalized spacial score (nSPS) is 22.5. The van der Waals surface area contributed by atoms with Crippen molar-refractivity contribution in [2.45, 2.75) is 45.8 Å². The van der Waals surface area contributed by atoms with E-state index in [1.54, 1.807) is 6.07 Å². The molecule has 1 aliphatic heterocycles. The quantitative estimate of drug-likeness (QED) is 0.820. The molecule has 5 heteroatoms. The molecule has 0 saturated carbocycles. The van der Waals surface area contributed by atoms with Gasteiger partial charge in [-0.3, -0.25) is 9.69 Å². The maximum Gasteiger partial charge on any atom is 0.224 e. The smallest absolute Gasteiger partial charge is 0.224 e. The van der Waals surface area contributed by atoms with Crippen LogP contribution >= 0.6 is 0 Å². The fourth-order valence-corrected chi connectivity index (χ4v) is 2.92. The number of ether oxygens (including phenoxy) is 1. The fraction of sp³-hybridized carbons (Fsp3) is 0.588. The highest BCUT2D eigenvalue weighted by Gasteiger charge is 2.21. The zero-order valence-electron chi connectivity index (χ0n) is 13.8. The van der Waals surface area contributed by atoms with Crippen LogP contribution in [0.25, 0.3) is 0 Å². The third-order valence-corrected chi connectivity index (χ3v) is 3.91. The van der Waals surface area contributed by atoms with Crippen molar-refractivity contribution < 1.29 is 9.53 Å². The second-order valence-corrected chi connectivity index (χ2v) is 6.24. The van der Waals surface area contributed by atoms with E-state index < -0.39 is 0 Å². The van der Waals surface area contributed by atoms with E-state index in [9.17, 15) is 4.79 Å². The molecule has 1 aromatic rings. The second kappa shape index (κ2) is 7.61. The Morgan fingerprint density at radius 3 is 2.73 bits per heavy atom. The number of hydrogen-bond donors (Lipinski definition) is 2. The summed E-state index contributed by atoms with van der Waals surface area (Å²) < 4.78 is 5.71. The number of nitrogens with zero attached hydrogens (tertiary/aromatic N) is 1. The molecule has 22 heavy (non-hydrogen) atoms. The van der Waals surface area contributed by atoms with Crippen LogP contribution in [0.2, 0.25) is 0 Å². The van der Waals surface area contributed by atoms with Gasteiger partial charge in [-0.1, -0.05) is 6.07 Å². The molecule has 0 aliphatic carbocycles. The van der Waals surface area contributed by atoms with Crippen LogP contribution in [0, 0.1) is 6.92 Å². The Kier molecular flexibility index (Phi) is 5.80. The summed E-state index contributed by atoms with van der Waals surface area (Å²) in [5, 5.41) is 2.94. The summed E-state index contributed by atoms with van der Waals surface area (Å²) in [5.41, 5.74) is 8.25. The lowest BCUT2D eigenvalue weighted by Gasteiger charge is -2.35. The summed E-state index contributed by atoms with van der Waals surface area (Å²) in [6.07, 6.45) is 1.92. The molecule has 1 aromatic carbocycles. The van der Waals surface area contributed by atoms with Crippen molar-refractivity contribution in [3.63, 3.8) is 0 Å². The molecule has 1 heterocycles. The Balaban J connectivity index is 1.75. The lowest BCUT2D eigenvalue weighted by atomic mass is 10.1. The maximum absolute atomic E-state index is 12.1. The number of benzene rings is 1. The van der Waals surface area contributed by atoms with E-state index in [0.717, 1.165) is 37.3 Å². The SMILES string of the molecule is Cc1ccc(N)cc1NC(=O)CCCN1CC(C)OC(C)C1. The molecule has 1 fully saturated rings. The zero-order valence-corrected chi connectivity index (χ0v) is 13.8. The first kappa shape index (κ1) is 16.8. The van der Waals surface area contributed by atoms with E-state index in [4.69, 9.17) is 10.5 Å². The first-order valence-electron chi connectivity index (χ1n) is 7.98. The highest BCUT2D eigenvalue weighted by atomic mass is 16.5. The number of carbonyl (C=O) groups excluding carboxylic acids is 1. The minimum Gasteiger partial charge on any atom is -0.399 e. The molecule has 2 rings (SSSR count). The lowest BCUT2D eigenvalue weighted by Crippen LogP contribution is -2.45. The third-order valence-electron chi connectivity index (χ3n) is 3.91. The van der Waals surface area contributed by atoms with Gasteiger partial charge in [-0.2, -0.15) is 0 Å². The van der Waals surface area contributed by atoms with E-state index in [1.165, 1.54) is 0 Å². The van der Waals surface area contributed by atoms with Crippen molar-refractivity contribution in [3.8, 4) is 0 Å². The monoisotopic (exact) mass is 305 g/mol. The van der Waals surface area contributed by atoms with Crippen molar-refractivity contribution in [1.82, 2.24) is 4.90 Å². The summed E-state index contributed by atoms with van der Waals surface area (Å²) >= 11 is 0. The van der Waals surface area contributed by atoms with Crippen LogP contribution in [0.5, 0.6) is 0 Å². The van der Waals surface area contributed by atoms with Gasteiger partial charge in [0.25, 0.3) is 0 Å². The average Bonchev–Trinajstić information content (AvgIpc) is 2.42. The minimum absolute atomic E-state index is 0.0445. The van der Waals surface area contributed by atoms with Gasteiger partial charge in [0.05, 0.1) is 12.2 Å². The number of aryl methyl sites for hydroxylation is 1. The number of nitrogens with two attached hydrogens (primary N) is 1. The number of hydrogen-bond acceptors (Lipinski definition) is 4. The van der Waals surface area contributed by atoms with Crippen molar-refractivity contribution in [3.05, 3.63) is 23.8 Å². The van der Waals surface area contributed by atoms with Gasteiger partial charge in [0, 0.05) is 30.9 Å². The van der Waals surface area contributed by atoms with Crippen LogP contribution in [0.3, 0.4) is 0 Å². The molecule has 3 N–H and O–H groups in total. The van der Waals surface area contributed by atoms with E-state index in [0.29, 0.717) is 12.1 Å². The highest BCUT2D eigenvalue weighted by molar-refractivity contribution is 5.91. The topological polar surface area (TPSA) is 67.6 Å². The van der Waals surface area contributed by atoms with Crippen molar-refractivity contribution in [2.75, 3.05) is 30.7 Å². The van der Waals surface area contributed by atoms with Crippen molar-refractivity contribution in [1.29, 1.82) is 0 Å². The van der Waals surface area contributed by atoms with Crippen LogP contribution in [-0.4, -0.2) is 42.6 Å². The zero-order chi connectivity index (χ0) is 16.1. The molecule has 5 nitrogen and oxygen atoms in total. The van der Waals surface area contributed by atoms with E-state index in [1.807, 2.05) is 19.1 Å². The van der Waals surface area contributed by atoms with Gasteiger partial charge in [0.15, 0.2) is 0 Å². The summed E-state index contributed by atoms with van der Waals surface area (Å²) in [4.78, 5) is 14.4. The molecule has 0 spiro atoms. The number of nitrogens with one attached hydrogen (secondary N) is 1. The highest BCUT2D eigenvalue weighted by Crippen LogP contribution is 2.18. The number of rotatable bonds is 5. The van der Waals surface area contributed by atoms with Gasteiger partial charge < -0.3 is 15.8 Å². The number of carbonyl (C=O) groups is 1. The molecular formula is C17H27N3O2. The number of amides is 1. The maximum atomic E-state index is 12.1. The summed E-state index contributed by atoms with van der Waals surface area (Å²) in [6.45, 7) is 8.98. The molecule has 1 amide bonds. The standard InChI is InChI=1S/C17H27N3O2/c1-12-6-7-15(18)9-16(12)19-17(21)5-4-8-20-10-13(2)22-14(3)11-20/h6-7,9,13-14H,4-5,8,10-11,18H2,1-3H3,(H,19,21). The van der Waals surface area contributed by atoms with Gasteiger partial charge in [-0.05, 0) is 51.4 Å². The van der Waals surface area contributed by atoms with Crippen LogP contribution in [0.15, 0.2) is 18.2 Å². The summed E-state index contributed by atoms with van der Waals surface area (Å²) in [6, 6.07) is 5.56. The van der Waals surface area contributed by atoms with Gasteiger partial charge in [0.1, 0.15) is 0 Å². The first-order valence-corrected chi connectivity index (χ1v) is 7.98. The van der Waals surface area contributed by atoms with Crippen LogP contribution in [0.4, 0.5) is 11.4 Å². The minimum atomic E-state index is 0.0445. The van der Waals surface area contributed by atoms with Crippen LogP contribution in [0.1, 0.15) is 32.3 Å². The number of anilines is 2. The molecule has 0 bridgehead atoms. The number of morpholine rings is 1. The van der Waals surface area contributed by atoms with Gasteiger partial charge in [-0.25, -0.2) is 0 Å². The lowest BCUT2D eigenvalue weighted by molar-refractivity contribution is -0.116.